The molecule has 1 fully saturated rings. The molecule has 3 nitrogen and oxygen atoms in total. The van der Waals surface area contributed by atoms with Gasteiger partial charge in [0.2, 0.25) is 0 Å². The summed E-state index contributed by atoms with van der Waals surface area (Å²) in [5.74, 6) is 0. The Labute approximate surface area is 88.7 Å². The van der Waals surface area contributed by atoms with Crippen molar-refractivity contribution >= 4 is 0 Å². The predicted octanol–water partition coefficient (Wildman–Crippen LogP) is 1.03. The van der Waals surface area contributed by atoms with Crippen molar-refractivity contribution in [2.45, 2.75) is 39.3 Å². The van der Waals surface area contributed by atoms with Gasteiger partial charge >= 0.3 is 0 Å². The Morgan fingerprint density at radius 1 is 1.14 bits per heavy atom. The van der Waals surface area contributed by atoms with Crippen LogP contribution in [0.4, 0.5) is 0 Å². The molecule has 0 amide bonds. The van der Waals surface area contributed by atoms with E-state index >= 15 is 0 Å². The highest BCUT2D eigenvalue weighted by Gasteiger charge is 2.33. The second-order valence-corrected chi connectivity index (χ2v) is 4.41. The smallest absolute Gasteiger partial charge is 0.0758 e. The van der Waals surface area contributed by atoms with Gasteiger partial charge in [-0.25, -0.2) is 0 Å². The van der Waals surface area contributed by atoms with E-state index in [0.29, 0.717) is 0 Å². The summed E-state index contributed by atoms with van der Waals surface area (Å²) in [5.41, 5.74) is -0.594. The van der Waals surface area contributed by atoms with E-state index in [1.807, 2.05) is 27.7 Å². The van der Waals surface area contributed by atoms with Crippen LogP contribution in [0.3, 0.4) is 0 Å². The van der Waals surface area contributed by atoms with Crippen LogP contribution in [0.1, 0.15) is 27.7 Å². The fraction of sp³-hybridized carbons (Fsp3) is 1.00. The summed E-state index contributed by atoms with van der Waals surface area (Å²) in [7, 11) is 4.18. The molecule has 1 heterocycles. The maximum atomic E-state index is 9.86. The van der Waals surface area contributed by atoms with Gasteiger partial charge in [-0.1, -0.05) is 13.8 Å². The average molecular weight is 202 g/mol. The number of hydrogen-bond donors (Lipinski definition) is 1. The standard InChI is InChI=1S/C9H20N2O.C2H6/c1-9(2,12)8-7-10(3)5-6-11(8)4;1-2/h8,12H,5-7H2,1-4H3;1-2H3. The zero-order valence-electron chi connectivity index (χ0n) is 10.5. The van der Waals surface area contributed by atoms with Crippen LogP contribution in [0, 0.1) is 0 Å². The summed E-state index contributed by atoms with van der Waals surface area (Å²) >= 11 is 0. The minimum absolute atomic E-state index is 0.260. The second kappa shape index (κ2) is 5.69. The number of aliphatic hydroxyl groups is 1. The topological polar surface area (TPSA) is 26.7 Å². The van der Waals surface area contributed by atoms with Crippen molar-refractivity contribution in [2.75, 3.05) is 33.7 Å². The molecule has 0 bridgehead atoms. The number of hydrogen-bond acceptors (Lipinski definition) is 3. The molecule has 3 heteroatoms. The van der Waals surface area contributed by atoms with Crippen LogP contribution in [0.5, 0.6) is 0 Å². The predicted molar refractivity (Wildman–Crippen MR) is 61.6 cm³/mol. The van der Waals surface area contributed by atoms with Gasteiger partial charge in [0.25, 0.3) is 0 Å². The van der Waals surface area contributed by atoms with E-state index in [-0.39, 0.29) is 6.04 Å². The van der Waals surface area contributed by atoms with Gasteiger partial charge in [0.1, 0.15) is 0 Å². The quantitative estimate of drug-likeness (QED) is 0.688. The maximum Gasteiger partial charge on any atom is 0.0758 e. The van der Waals surface area contributed by atoms with Crippen molar-refractivity contribution in [1.29, 1.82) is 0 Å². The van der Waals surface area contributed by atoms with Crippen molar-refractivity contribution in [3.63, 3.8) is 0 Å². The van der Waals surface area contributed by atoms with E-state index in [1.165, 1.54) is 0 Å². The molecule has 1 unspecified atom stereocenters. The minimum atomic E-state index is -0.594. The molecule has 0 aromatic carbocycles. The van der Waals surface area contributed by atoms with Crippen LogP contribution in [0.15, 0.2) is 0 Å². The van der Waals surface area contributed by atoms with Gasteiger partial charge in [-0.05, 0) is 27.9 Å². The molecule has 0 spiro atoms. The Hall–Kier alpha value is -0.120. The first-order chi connectivity index (χ1) is 6.41. The van der Waals surface area contributed by atoms with E-state index in [2.05, 4.69) is 23.9 Å². The van der Waals surface area contributed by atoms with Crippen LogP contribution >= 0.6 is 0 Å². The van der Waals surface area contributed by atoms with E-state index in [9.17, 15) is 5.11 Å². The lowest BCUT2D eigenvalue weighted by atomic mass is 9.95. The largest absolute Gasteiger partial charge is 0.389 e. The first-order valence-corrected chi connectivity index (χ1v) is 5.52. The van der Waals surface area contributed by atoms with Gasteiger partial charge in [0.05, 0.1) is 11.6 Å². The van der Waals surface area contributed by atoms with Crippen LogP contribution in [0.2, 0.25) is 0 Å². The molecule has 1 aliphatic heterocycles. The minimum Gasteiger partial charge on any atom is -0.389 e. The Balaban J connectivity index is 0.000000791. The first kappa shape index (κ1) is 13.9. The molecule has 86 valence electrons. The molecule has 0 radical (unpaired) electrons. The lowest BCUT2D eigenvalue weighted by molar-refractivity contribution is -0.0422. The number of piperazine rings is 1. The zero-order valence-corrected chi connectivity index (χ0v) is 10.5. The normalized spacial score (nSPS) is 25.5. The van der Waals surface area contributed by atoms with Gasteiger partial charge in [-0.15, -0.1) is 0 Å². The van der Waals surface area contributed by atoms with Crippen molar-refractivity contribution in [2.24, 2.45) is 0 Å². The first-order valence-electron chi connectivity index (χ1n) is 5.52. The highest BCUT2D eigenvalue weighted by atomic mass is 16.3. The van der Waals surface area contributed by atoms with E-state index in [0.717, 1.165) is 19.6 Å². The van der Waals surface area contributed by atoms with Crippen molar-refractivity contribution in [1.82, 2.24) is 9.80 Å². The lowest BCUT2D eigenvalue weighted by Crippen LogP contribution is -2.58. The number of nitrogens with zero attached hydrogens (tertiary/aromatic N) is 2. The molecule has 1 rings (SSSR count). The zero-order chi connectivity index (χ0) is 11.4. The highest BCUT2D eigenvalue weighted by Crippen LogP contribution is 2.18. The average Bonchev–Trinajstić information content (AvgIpc) is 2.11. The van der Waals surface area contributed by atoms with Crippen molar-refractivity contribution in [3.8, 4) is 0 Å². The van der Waals surface area contributed by atoms with E-state index < -0.39 is 5.60 Å². The summed E-state index contributed by atoms with van der Waals surface area (Å²) in [5, 5.41) is 9.86. The molecule has 1 aliphatic rings. The SMILES string of the molecule is CC.CN1CCN(C)C(C(C)(C)O)C1. The van der Waals surface area contributed by atoms with Gasteiger partial charge in [0, 0.05) is 19.6 Å². The van der Waals surface area contributed by atoms with Crippen LogP contribution in [-0.2, 0) is 0 Å². The van der Waals surface area contributed by atoms with Crippen molar-refractivity contribution in [3.05, 3.63) is 0 Å². The third-order valence-electron chi connectivity index (χ3n) is 2.67. The van der Waals surface area contributed by atoms with Gasteiger partial charge in [-0.3, -0.25) is 4.90 Å². The molecule has 0 aromatic rings. The van der Waals surface area contributed by atoms with E-state index in [1.54, 1.807) is 0 Å². The molecule has 0 saturated carbocycles. The van der Waals surface area contributed by atoms with E-state index in [4.69, 9.17) is 0 Å². The molecule has 14 heavy (non-hydrogen) atoms. The summed E-state index contributed by atoms with van der Waals surface area (Å²) in [6.07, 6.45) is 0. The molecule has 1 saturated heterocycles. The fourth-order valence-electron chi connectivity index (χ4n) is 1.77. The summed E-state index contributed by atoms with van der Waals surface area (Å²) in [4.78, 5) is 4.50. The Kier molecular flexibility index (Phi) is 5.64. The highest BCUT2D eigenvalue weighted by molar-refractivity contribution is 4.89. The second-order valence-electron chi connectivity index (χ2n) is 4.41. The van der Waals surface area contributed by atoms with Crippen LogP contribution in [-0.4, -0.2) is 60.3 Å². The molecular formula is C11H26N2O. The number of rotatable bonds is 1. The Morgan fingerprint density at radius 3 is 2.00 bits per heavy atom. The van der Waals surface area contributed by atoms with Gasteiger partial charge in [-0.2, -0.15) is 0 Å². The summed E-state index contributed by atoms with van der Waals surface area (Å²) in [6.45, 7) is 10.9. The van der Waals surface area contributed by atoms with Crippen molar-refractivity contribution < 1.29 is 5.11 Å². The molecule has 0 aliphatic carbocycles. The van der Waals surface area contributed by atoms with Gasteiger partial charge < -0.3 is 10.0 Å². The molecule has 0 aromatic heterocycles. The van der Waals surface area contributed by atoms with Gasteiger partial charge in [0.15, 0.2) is 0 Å². The van der Waals surface area contributed by atoms with Crippen LogP contribution < -0.4 is 0 Å². The molecule has 1 N–H and O–H groups in total. The Bertz CT molecular complexity index is 154. The third-order valence-corrected chi connectivity index (χ3v) is 2.67. The lowest BCUT2D eigenvalue weighted by Gasteiger charge is -2.43. The Morgan fingerprint density at radius 2 is 1.64 bits per heavy atom. The molecule has 1 atom stereocenters. The fourth-order valence-corrected chi connectivity index (χ4v) is 1.77. The third kappa shape index (κ3) is 3.95. The summed E-state index contributed by atoms with van der Waals surface area (Å²) < 4.78 is 0. The maximum absolute atomic E-state index is 9.86. The van der Waals surface area contributed by atoms with Crippen LogP contribution in [0.25, 0.3) is 0 Å². The number of likely N-dealkylation sites (N-methyl/N-ethyl adjacent to an activating group) is 2. The monoisotopic (exact) mass is 202 g/mol. The summed E-state index contributed by atoms with van der Waals surface area (Å²) in [6, 6.07) is 0.260. The molecular weight excluding hydrogens is 176 g/mol.